The topological polar surface area (TPSA) is 121 Å². The van der Waals surface area contributed by atoms with Crippen LogP contribution in [0.5, 0.6) is 11.5 Å². The summed E-state index contributed by atoms with van der Waals surface area (Å²) in [6.07, 6.45) is 3.20. The molecule has 1 amide bonds. The zero-order valence-electron chi connectivity index (χ0n) is 22.6. The van der Waals surface area contributed by atoms with E-state index in [1.807, 2.05) is 0 Å². The Balaban J connectivity index is 1.12. The van der Waals surface area contributed by atoms with Crippen molar-refractivity contribution in [1.82, 2.24) is 14.9 Å². The van der Waals surface area contributed by atoms with Gasteiger partial charge in [-0.15, -0.1) is 0 Å². The van der Waals surface area contributed by atoms with Crippen LogP contribution in [0.25, 0.3) is 22.2 Å². The van der Waals surface area contributed by atoms with Crippen LogP contribution in [0.1, 0.15) is 17.3 Å². The number of fused-ring (bicyclic) bond motifs is 1. The van der Waals surface area contributed by atoms with Gasteiger partial charge in [0.2, 0.25) is 0 Å². The van der Waals surface area contributed by atoms with Crippen molar-refractivity contribution >= 4 is 28.6 Å². The predicted molar refractivity (Wildman–Crippen MR) is 150 cm³/mol. The molecule has 4 aromatic rings. The number of likely N-dealkylation sites (tertiary alicyclic amines) is 1. The molecule has 3 N–H and O–H groups in total. The average Bonchev–Trinajstić information content (AvgIpc) is 3.38. The molecule has 3 aliphatic heterocycles. The minimum absolute atomic E-state index is 0.108. The molecule has 0 radical (unpaired) electrons. The van der Waals surface area contributed by atoms with E-state index in [4.69, 9.17) is 14.2 Å². The summed E-state index contributed by atoms with van der Waals surface area (Å²) in [6.45, 7) is 4.35. The third-order valence-corrected chi connectivity index (χ3v) is 7.68. The number of nitrogens with one attached hydrogen (secondary N) is 2. The Morgan fingerprint density at radius 2 is 1.86 bits per heavy atom. The standard InChI is InChI=1S/C30H27F2N5O5/c1-29(39)12-37(13-29)27(38)18-4-2-17(3-5-18)20-10-34-26-24(20)23(6-7-33-26)42-25-21(31)8-19(9-22(25)32)36-28-35-11-30(16-41-28)14-40-15-30/h2-10,39H,11-16H2,1H3,(H,33,34)(H,35,36). The molecule has 0 saturated carbocycles. The van der Waals surface area contributed by atoms with Crippen LogP contribution in [0.15, 0.2) is 59.9 Å². The highest BCUT2D eigenvalue weighted by Gasteiger charge is 2.42. The van der Waals surface area contributed by atoms with Crippen LogP contribution in [-0.4, -0.2) is 77.0 Å². The Kier molecular flexibility index (Phi) is 6.13. The molecule has 0 unspecified atom stereocenters. The summed E-state index contributed by atoms with van der Waals surface area (Å²) in [4.78, 5) is 26.0. The lowest BCUT2D eigenvalue weighted by molar-refractivity contribution is -0.132. The second-order valence-electron chi connectivity index (χ2n) is 11.4. The van der Waals surface area contributed by atoms with Crippen LogP contribution < -0.4 is 10.1 Å². The second-order valence-corrected chi connectivity index (χ2v) is 11.4. The summed E-state index contributed by atoms with van der Waals surface area (Å²) >= 11 is 0. The number of pyridine rings is 1. The number of aliphatic hydroxyl groups is 1. The summed E-state index contributed by atoms with van der Waals surface area (Å²) in [5.41, 5.74) is 1.55. The number of halogens is 2. The summed E-state index contributed by atoms with van der Waals surface area (Å²) in [5, 5.41) is 13.3. The van der Waals surface area contributed by atoms with Crippen molar-refractivity contribution < 1.29 is 32.9 Å². The van der Waals surface area contributed by atoms with Gasteiger partial charge in [-0.3, -0.25) is 4.79 Å². The van der Waals surface area contributed by atoms with Crippen LogP contribution in [-0.2, 0) is 9.47 Å². The number of aromatic nitrogens is 2. The molecule has 0 aliphatic carbocycles. The lowest BCUT2D eigenvalue weighted by Gasteiger charge is -2.44. The monoisotopic (exact) mass is 575 g/mol. The number of ether oxygens (including phenoxy) is 3. The molecule has 2 saturated heterocycles. The van der Waals surface area contributed by atoms with Crippen molar-refractivity contribution in [3.05, 3.63) is 72.1 Å². The molecule has 2 aromatic carbocycles. The molecule has 2 fully saturated rings. The highest BCUT2D eigenvalue weighted by atomic mass is 19.1. The second kappa shape index (κ2) is 9.78. The van der Waals surface area contributed by atoms with Crippen LogP contribution in [0.4, 0.5) is 14.5 Å². The molecular weight excluding hydrogens is 548 g/mol. The van der Waals surface area contributed by atoms with E-state index < -0.39 is 23.0 Å². The first-order chi connectivity index (χ1) is 20.2. The Morgan fingerprint density at radius 3 is 2.48 bits per heavy atom. The maximum Gasteiger partial charge on any atom is 0.289 e. The van der Waals surface area contributed by atoms with Gasteiger partial charge in [0.15, 0.2) is 17.4 Å². The van der Waals surface area contributed by atoms with Crippen molar-refractivity contribution in [3.8, 4) is 22.6 Å². The van der Waals surface area contributed by atoms with Gasteiger partial charge in [0, 0.05) is 41.3 Å². The van der Waals surface area contributed by atoms with E-state index in [1.54, 1.807) is 42.3 Å². The fraction of sp³-hybridized carbons (Fsp3) is 0.300. The zero-order valence-corrected chi connectivity index (χ0v) is 22.6. The number of rotatable bonds is 5. The molecule has 1 spiro atoms. The summed E-state index contributed by atoms with van der Waals surface area (Å²) in [7, 11) is 0. The quantitative estimate of drug-likeness (QED) is 0.324. The van der Waals surface area contributed by atoms with Crippen molar-refractivity contribution in [2.75, 3.05) is 44.8 Å². The number of amides is 1. The lowest BCUT2D eigenvalue weighted by Crippen LogP contribution is -2.61. The van der Waals surface area contributed by atoms with Gasteiger partial charge in [0.05, 0.1) is 49.3 Å². The smallest absolute Gasteiger partial charge is 0.289 e. The molecule has 7 rings (SSSR count). The van der Waals surface area contributed by atoms with Crippen LogP contribution in [0, 0.1) is 17.0 Å². The number of aliphatic imine (C=N–C) groups is 1. The average molecular weight is 576 g/mol. The SMILES string of the molecule is CC1(O)CN(C(=O)c2ccc(-c3c[nH]c4nccc(Oc5c(F)cc(NC6=NCC7(COC7)CO6)cc5F)c34)cc2)C1. The van der Waals surface area contributed by atoms with Gasteiger partial charge in [0.1, 0.15) is 18.0 Å². The molecule has 216 valence electrons. The minimum Gasteiger partial charge on any atom is -0.464 e. The fourth-order valence-corrected chi connectivity index (χ4v) is 5.39. The van der Waals surface area contributed by atoms with Crippen LogP contribution in [0.3, 0.4) is 0 Å². The molecule has 10 nitrogen and oxygen atoms in total. The van der Waals surface area contributed by atoms with Crippen molar-refractivity contribution in [1.29, 1.82) is 0 Å². The van der Waals surface area contributed by atoms with Crippen molar-refractivity contribution in [2.24, 2.45) is 10.4 Å². The number of H-pyrrole nitrogens is 1. The van der Waals surface area contributed by atoms with Gasteiger partial charge in [-0.05, 0) is 30.7 Å². The highest BCUT2D eigenvalue weighted by molar-refractivity contribution is 6.00. The number of carbonyl (C=O) groups is 1. The normalized spacial score (nSPS) is 18.6. The first kappa shape index (κ1) is 26.4. The van der Waals surface area contributed by atoms with Gasteiger partial charge < -0.3 is 34.5 Å². The number of hydrogen-bond acceptors (Lipinski definition) is 8. The summed E-state index contributed by atoms with van der Waals surface area (Å²) < 4.78 is 47.0. The van der Waals surface area contributed by atoms with Crippen molar-refractivity contribution in [2.45, 2.75) is 12.5 Å². The van der Waals surface area contributed by atoms with Gasteiger partial charge in [-0.2, -0.15) is 0 Å². The van der Waals surface area contributed by atoms with Crippen LogP contribution in [0.2, 0.25) is 0 Å². The van der Waals surface area contributed by atoms with E-state index in [0.29, 0.717) is 48.5 Å². The highest BCUT2D eigenvalue weighted by Crippen LogP contribution is 2.39. The fourth-order valence-electron chi connectivity index (χ4n) is 5.39. The number of hydrogen-bond donors (Lipinski definition) is 3. The molecule has 2 aromatic heterocycles. The molecule has 5 heterocycles. The Hall–Kier alpha value is -4.55. The zero-order chi connectivity index (χ0) is 29.1. The molecule has 12 heteroatoms. The number of carbonyl (C=O) groups excluding carboxylic acids is 1. The number of amidine groups is 1. The van der Waals surface area contributed by atoms with E-state index in [1.165, 1.54) is 12.3 Å². The number of anilines is 1. The Bertz CT molecular complexity index is 1700. The number of β-amino-alcohol motifs (C(OH)–C–C–N with tert-alkyl or cyclic N) is 1. The first-order valence-electron chi connectivity index (χ1n) is 13.5. The van der Waals surface area contributed by atoms with E-state index >= 15 is 8.78 Å². The largest absolute Gasteiger partial charge is 0.464 e. The van der Waals surface area contributed by atoms with Gasteiger partial charge in [-0.1, -0.05) is 12.1 Å². The Labute approximate surface area is 238 Å². The van der Waals surface area contributed by atoms with E-state index in [2.05, 4.69) is 20.3 Å². The number of benzene rings is 2. The summed E-state index contributed by atoms with van der Waals surface area (Å²) in [5.74, 6) is -2.35. The lowest BCUT2D eigenvalue weighted by atomic mass is 9.87. The van der Waals surface area contributed by atoms with E-state index in [9.17, 15) is 9.90 Å². The maximum atomic E-state index is 15.2. The third-order valence-electron chi connectivity index (χ3n) is 7.68. The summed E-state index contributed by atoms with van der Waals surface area (Å²) in [6, 6.07) is 10.9. The molecule has 42 heavy (non-hydrogen) atoms. The molecular formula is C30H27F2N5O5. The van der Waals surface area contributed by atoms with E-state index in [-0.39, 0.29) is 41.9 Å². The molecule has 0 bridgehead atoms. The minimum atomic E-state index is -0.910. The van der Waals surface area contributed by atoms with Gasteiger partial charge in [-0.25, -0.2) is 18.8 Å². The molecule has 0 atom stereocenters. The Morgan fingerprint density at radius 1 is 1.12 bits per heavy atom. The van der Waals surface area contributed by atoms with Crippen molar-refractivity contribution in [3.63, 3.8) is 0 Å². The van der Waals surface area contributed by atoms with Gasteiger partial charge in [0.25, 0.3) is 11.9 Å². The third kappa shape index (κ3) is 4.72. The predicted octanol–water partition coefficient (Wildman–Crippen LogP) is 4.32. The molecule has 3 aliphatic rings. The number of aromatic amines is 1. The van der Waals surface area contributed by atoms with Crippen LogP contribution >= 0.6 is 0 Å². The maximum absolute atomic E-state index is 15.2. The number of nitrogens with zero attached hydrogens (tertiary/aromatic N) is 3. The first-order valence-corrected chi connectivity index (χ1v) is 13.5. The van der Waals surface area contributed by atoms with Gasteiger partial charge >= 0.3 is 0 Å². The van der Waals surface area contributed by atoms with E-state index in [0.717, 1.165) is 17.7 Å².